The zero-order chi connectivity index (χ0) is 12.9. The summed E-state index contributed by atoms with van der Waals surface area (Å²) in [5.41, 5.74) is 3.39. The van der Waals surface area contributed by atoms with Crippen molar-refractivity contribution in [1.29, 1.82) is 0 Å². The Kier molecular flexibility index (Phi) is 4.80. The highest BCUT2D eigenvalue weighted by molar-refractivity contribution is 5.77. The molecule has 0 bridgehead atoms. The second kappa shape index (κ2) is 5.71. The SMILES string of the molecule is NCCCCCCC(=O)NC1(C(F)(F)F)CC1. The number of nitrogens with two attached hydrogens (primary N) is 1. The molecule has 6 heteroatoms. The molecule has 1 amide bonds. The van der Waals surface area contributed by atoms with Gasteiger partial charge in [-0.25, -0.2) is 0 Å². The average molecular weight is 252 g/mol. The maximum absolute atomic E-state index is 12.5. The summed E-state index contributed by atoms with van der Waals surface area (Å²) in [4.78, 5) is 11.3. The van der Waals surface area contributed by atoms with Crippen LogP contribution in [0.1, 0.15) is 44.9 Å². The van der Waals surface area contributed by atoms with Crippen molar-refractivity contribution in [3.63, 3.8) is 0 Å². The Hall–Kier alpha value is -0.780. The fourth-order valence-corrected chi connectivity index (χ4v) is 1.72. The van der Waals surface area contributed by atoms with E-state index in [0.717, 1.165) is 19.3 Å². The molecule has 3 nitrogen and oxygen atoms in total. The van der Waals surface area contributed by atoms with E-state index < -0.39 is 17.6 Å². The number of unbranched alkanes of at least 4 members (excludes halogenated alkanes) is 3. The number of halogens is 3. The Bertz CT molecular complexity index is 262. The molecular weight excluding hydrogens is 233 g/mol. The number of hydrogen-bond donors (Lipinski definition) is 2. The van der Waals surface area contributed by atoms with Gasteiger partial charge < -0.3 is 11.1 Å². The standard InChI is InChI=1S/C11H19F3N2O/c12-11(13,14)10(6-7-10)16-9(17)5-3-1-2-4-8-15/h1-8,15H2,(H,16,17). The van der Waals surface area contributed by atoms with Crippen molar-refractivity contribution in [1.82, 2.24) is 5.32 Å². The second-order valence-electron chi connectivity index (χ2n) is 4.58. The number of carbonyl (C=O) groups excluding carboxylic acids is 1. The highest BCUT2D eigenvalue weighted by Crippen LogP contribution is 2.48. The zero-order valence-corrected chi connectivity index (χ0v) is 9.78. The van der Waals surface area contributed by atoms with Gasteiger partial charge in [0.1, 0.15) is 5.54 Å². The molecule has 0 aromatic heterocycles. The van der Waals surface area contributed by atoms with Crippen LogP contribution in [0.15, 0.2) is 0 Å². The summed E-state index contributed by atoms with van der Waals surface area (Å²) in [5, 5.41) is 2.11. The van der Waals surface area contributed by atoms with Gasteiger partial charge in [-0.2, -0.15) is 13.2 Å². The van der Waals surface area contributed by atoms with Crippen LogP contribution < -0.4 is 11.1 Å². The fraction of sp³-hybridized carbons (Fsp3) is 0.909. The summed E-state index contributed by atoms with van der Waals surface area (Å²) in [5.74, 6) is -0.493. The van der Waals surface area contributed by atoms with Crippen molar-refractivity contribution >= 4 is 5.91 Å². The molecular formula is C11H19F3N2O. The van der Waals surface area contributed by atoms with E-state index in [-0.39, 0.29) is 19.3 Å². The van der Waals surface area contributed by atoms with Gasteiger partial charge in [0.05, 0.1) is 0 Å². The molecule has 1 saturated carbocycles. The molecule has 1 aliphatic carbocycles. The Morgan fingerprint density at radius 1 is 1.18 bits per heavy atom. The van der Waals surface area contributed by atoms with Gasteiger partial charge in [0.15, 0.2) is 0 Å². The molecule has 0 aromatic rings. The van der Waals surface area contributed by atoms with Gasteiger partial charge in [-0.1, -0.05) is 12.8 Å². The van der Waals surface area contributed by atoms with Gasteiger partial charge >= 0.3 is 6.18 Å². The maximum Gasteiger partial charge on any atom is 0.411 e. The van der Waals surface area contributed by atoms with Gasteiger partial charge in [-0.15, -0.1) is 0 Å². The number of carbonyl (C=O) groups is 1. The van der Waals surface area contributed by atoms with Crippen molar-refractivity contribution in [3.8, 4) is 0 Å². The largest absolute Gasteiger partial charge is 0.411 e. The molecule has 0 spiro atoms. The second-order valence-corrected chi connectivity index (χ2v) is 4.58. The molecule has 100 valence electrons. The summed E-state index contributed by atoms with van der Waals surface area (Å²) in [6, 6.07) is 0. The zero-order valence-electron chi connectivity index (χ0n) is 9.78. The summed E-state index contributed by atoms with van der Waals surface area (Å²) in [6.45, 7) is 0.614. The predicted octanol–water partition coefficient (Wildman–Crippen LogP) is 2.11. The van der Waals surface area contributed by atoms with Crippen molar-refractivity contribution < 1.29 is 18.0 Å². The van der Waals surface area contributed by atoms with Crippen molar-refractivity contribution in [2.75, 3.05) is 6.54 Å². The third-order valence-electron chi connectivity index (χ3n) is 3.03. The number of nitrogens with one attached hydrogen (secondary N) is 1. The first kappa shape index (κ1) is 14.3. The van der Waals surface area contributed by atoms with Gasteiger partial charge in [0.25, 0.3) is 0 Å². The topological polar surface area (TPSA) is 55.1 Å². The molecule has 1 fully saturated rings. The predicted molar refractivity (Wildman–Crippen MR) is 58.3 cm³/mol. The Morgan fingerprint density at radius 3 is 2.24 bits per heavy atom. The Morgan fingerprint density at radius 2 is 1.76 bits per heavy atom. The molecule has 0 aliphatic heterocycles. The molecule has 3 N–H and O–H groups in total. The lowest BCUT2D eigenvalue weighted by atomic mass is 10.1. The molecule has 17 heavy (non-hydrogen) atoms. The molecule has 1 aliphatic rings. The molecule has 0 saturated heterocycles. The first-order chi connectivity index (χ1) is 7.91. The molecule has 0 atom stereocenters. The minimum atomic E-state index is -4.32. The molecule has 0 aromatic carbocycles. The number of hydrogen-bond acceptors (Lipinski definition) is 2. The van der Waals surface area contributed by atoms with Crippen LogP contribution in [-0.2, 0) is 4.79 Å². The summed E-state index contributed by atoms with van der Waals surface area (Å²) >= 11 is 0. The van der Waals surface area contributed by atoms with Gasteiger partial charge in [-0.05, 0) is 32.2 Å². The number of rotatable bonds is 7. The highest BCUT2D eigenvalue weighted by atomic mass is 19.4. The minimum absolute atomic E-state index is 0.00934. The van der Waals surface area contributed by atoms with Crippen LogP contribution in [0.4, 0.5) is 13.2 Å². The minimum Gasteiger partial charge on any atom is -0.342 e. The van der Waals surface area contributed by atoms with Crippen LogP contribution in [0, 0.1) is 0 Å². The third-order valence-corrected chi connectivity index (χ3v) is 3.03. The first-order valence-corrected chi connectivity index (χ1v) is 5.99. The monoisotopic (exact) mass is 252 g/mol. The van der Waals surface area contributed by atoms with E-state index in [9.17, 15) is 18.0 Å². The normalized spacial score (nSPS) is 17.9. The van der Waals surface area contributed by atoms with E-state index in [1.54, 1.807) is 0 Å². The molecule has 0 heterocycles. The van der Waals surface area contributed by atoms with Gasteiger partial charge in [-0.3, -0.25) is 4.79 Å². The van der Waals surface area contributed by atoms with E-state index in [0.29, 0.717) is 13.0 Å². The van der Waals surface area contributed by atoms with E-state index in [1.807, 2.05) is 0 Å². The molecule has 0 radical (unpaired) electrons. The summed E-state index contributed by atoms with van der Waals surface area (Å²) in [6.07, 6.45) is -0.846. The number of alkyl halides is 3. The van der Waals surface area contributed by atoms with Crippen LogP contribution in [-0.4, -0.2) is 24.2 Å². The van der Waals surface area contributed by atoms with Crippen molar-refractivity contribution in [3.05, 3.63) is 0 Å². The van der Waals surface area contributed by atoms with Crippen LogP contribution >= 0.6 is 0 Å². The van der Waals surface area contributed by atoms with E-state index in [1.165, 1.54) is 0 Å². The smallest absolute Gasteiger partial charge is 0.342 e. The summed E-state index contributed by atoms with van der Waals surface area (Å²) < 4.78 is 37.5. The lowest BCUT2D eigenvalue weighted by Gasteiger charge is -2.20. The average Bonchev–Trinajstić information content (AvgIpc) is 2.97. The van der Waals surface area contributed by atoms with E-state index in [2.05, 4.69) is 5.32 Å². The fourth-order valence-electron chi connectivity index (χ4n) is 1.72. The van der Waals surface area contributed by atoms with Crippen LogP contribution in [0.3, 0.4) is 0 Å². The van der Waals surface area contributed by atoms with E-state index in [4.69, 9.17) is 5.73 Å². The van der Waals surface area contributed by atoms with Crippen LogP contribution in [0.25, 0.3) is 0 Å². The Balaban J connectivity index is 2.18. The summed E-state index contributed by atoms with van der Waals surface area (Å²) in [7, 11) is 0. The molecule has 1 rings (SSSR count). The van der Waals surface area contributed by atoms with Crippen LogP contribution in [0.5, 0.6) is 0 Å². The highest BCUT2D eigenvalue weighted by Gasteiger charge is 2.64. The third kappa shape index (κ3) is 4.18. The van der Waals surface area contributed by atoms with Gasteiger partial charge in [0.2, 0.25) is 5.91 Å². The first-order valence-electron chi connectivity index (χ1n) is 5.99. The van der Waals surface area contributed by atoms with Gasteiger partial charge in [0, 0.05) is 6.42 Å². The van der Waals surface area contributed by atoms with Crippen molar-refractivity contribution in [2.24, 2.45) is 5.73 Å². The van der Waals surface area contributed by atoms with Crippen LogP contribution in [0.2, 0.25) is 0 Å². The van der Waals surface area contributed by atoms with Crippen molar-refractivity contribution in [2.45, 2.75) is 56.7 Å². The Labute approximate surface area is 98.9 Å². The quantitative estimate of drug-likeness (QED) is 0.682. The molecule has 0 unspecified atom stereocenters. The maximum atomic E-state index is 12.5. The lowest BCUT2D eigenvalue weighted by molar-refractivity contribution is -0.170. The number of amides is 1. The van der Waals surface area contributed by atoms with E-state index >= 15 is 0 Å². The lowest BCUT2D eigenvalue weighted by Crippen LogP contribution is -2.47.